The molecule has 0 aliphatic carbocycles. The minimum Gasteiger partial charge on any atom is -0.387 e. The summed E-state index contributed by atoms with van der Waals surface area (Å²) in [6.07, 6.45) is 0.614. The van der Waals surface area contributed by atoms with Crippen molar-refractivity contribution < 1.29 is 5.11 Å². The molecular formula is C14H20N2O. The molecule has 0 bridgehead atoms. The van der Waals surface area contributed by atoms with Crippen molar-refractivity contribution in [3.63, 3.8) is 0 Å². The van der Waals surface area contributed by atoms with E-state index in [-0.39, 0.29) is 0 Å². The minimum atomic E-state index is -0.478. The number of rotatable bonds is 6. The second kappa shape index (κ2) is 7.05. The molecule has 1 aromatic carbocycles. The number of likely N-dealkylation sites (N-methyl/N-ethyl adjacent to an activating group) is 1. The molecule has 0 aliphatic rings. The van der Waals surface area contributed by atoms with E-state index in [0.717, 1.165) is 25.1 Å². The van der Waals surface area contributed by atoms with Gasteiger partial charge in [0.25, 0.3) is 0 Å². The lowest BCUT2D eigenvalue weighted by Gasteiger charge is -2.23. The van der Waals surface area contributed by atoms with Crippen molar-refractivity contribution in [2.45, 2.75) is 26.4 Å². The molecular weight excluding hydrogens is 212 g/mol. The van der Waals surface area contributed by atoms with Crippen molar-refractivity contribution in [1.82, 2.24) is 4.90 Å². The Bertz CT molecular complexity index is 367. The van der Waals surface area contributed by atoms with Crippen LogP contribution in [0.25, 0.3) is 0 Å². The van der Waals surface area contributed by atoms with Gasteiger partial charge >= 0.3 is 0 Å². The topological polar surface area (TPSA) is 47.3 Å². The maximum Gasteiger partial charge on any atom is 0.0991 e. The summed E-state index contributed by atoms with van der Waals surface area (Å²) in [5, 5.41) is 18.8. The number of aliphatic hydroxyl groups excluding tert-OH is 1. The van der Waals surface area contributed by atoms with E-state index in [4.69, 9.17) is 5.26 Å². The maximum atomic E-state index is 10.1. The van der Waals surface area contributed by atoms with Gasteiger partial charge in [-0.2, -0.15) is 5.26 Å². The highest BCUT2D eigenvalue weighted by Crippen LogP contribution is 2.15. The van der Waals surface area contributed by atoms with Gasteiger partial charge in [-0.3, -0.25) is 0 Å². The number of aliphatic hydroxyl groups is 1. The summed E-state index contributed by atoms with van der Waals surface area (Å²) in [4.78, 5) is 2.23. The van der Waals surface area contributed by atoms with Crippen LogP contribution in [0.2, 0.25) is 0 Å². The summed E-state index contributed by atoms with van der Waals surface area (Å²) < 4.78 is 0. The number of nitrogens with zero attached hydrogens (tertiary/aromatic N) is 2. The first kappa shape index (κ1) is 13.7. The lowest BCUT2D eigenvalue weighted by Crippen LogP contribution is -2.29. The van der Waals surface area contributed by atoms with Crippen LogP contribution in [-0.4, -0.2) is 29.6 Å². The van der Waals surface area contributed by atoms with Crippen LogP contribution in [0.4, 0.5) is 0 Å². The summed E-state index contributed by atoms with van der Waals surface area (Å²) in [5.41, 5.74) is 1.50. The second-order valence-electron chi connectivity index (χ2n) is 4.14. The smallest absolute Gasteiger partial charge is 0.0991 e. The number of hydrogen-bond donors (Lipinski definition) is 1. The number of nitriles is 1. The van der Waals surface area contributed by atoms with Gasteiger partial charge in [-0.25, -0.2) is 0 Å². The van der Waals surface area contributed by atoms with E-state index < -0.39 is 6.10 Å². The Hall–Kier alpha value is -1.37. The van der Waals surface area contributed by atoms with Crippen LogP contribution in [0, 0.1) is 11.3 Å². The Kier molecular flexibility index (Phi) is 5.68. The van der Waals surface area contributed by atoms with Gasteiger partial charge in [0, 0.05) is 6.54 Å². The van der Waals surface area contributed by atoms with E-state index in [1.807, 2.05) is 12.1 Å². The van der Waals surface area contributed by atoms with Crippen molar-refractivity contribution in [3.8, 4) is 6.07 Å². The van der Waals surface area contributed by atoms with Crippen LogP contribution in [0.1, 0.15) is 37.5 Å². The van der Waals surface area contributed by atoms with Gasteiger partial charge in [-0.05, 0) is 37.2 Å². The minimum absolute atomic E-state index is 0.478. The molecule has 0 saturated carbocycles. The third kappa shape index (κ3) is 4.18. The van der Waals surface area contributed by atoms with Crippen LogP contribution >= 0.6 is 0 Å². The lowest BCUT2D eigenvalue weighted by molar-refractivity contribution is 0.116. The molecule has 3 nitrogen and oxygen atoms in total. The van der Waals surface area contributed by atoms with Crippen molar-refractivity contribution >= 4 is 0 Å². The van der Waals surface area contributed by atoms with Crippen molar-refractivity contribution in [2.24, 2.45) is 0 Å². The van der Waals surface area contributed by atoms with Crippen molar-refractivity contribution in [2.75, 3.05) is 19.6 Å². The molecule has 0 heterocycles. The SMILES string of the molecule is CCCN(CC)CC(O)c1ccc(C#N)cc1. The van der Waals surface area contributed by atoms with Gasteiger partial charge in [-0.1, -0.05) is 26.0 Å². The molecule has 1 unspecified atom stereocenters. The summed E-state index contributed by atoms with van der Waals surface area (Å²) >= 11 is 0. The van der Waals surface area contributed by atoms with Crippen LogP contribution in [0.15, 0.2) is 24.3 Å². The summed E-state index contributed by atoms with van der Waals surface area (Å²) in [6.45, 7) is 6.83. The van der Waals surface area contributed by atoms with E-state index in [2.05, 4.69) is 24.8 Å². The first-order valence-corrected chi connectivity index (χ1v) is 6.11. The third-order valence-electron chi connectivity index (χ3n) is 2.84. The quantitative estimate of drug-likeness (QED) is 0.818. The first-order valence-electron chi connectivity index (χ1n) is 6.11. The second-order valence-corrected chi connectivity index (χ2v) is 4.14. The van der Waals surface area contributed by atoms with E-state index in [1.165, 1.54) is 0 Å². The highest BCUT2D eigenvalue weighted by molar-refractivity contribution is 5.32. The fourth-order valence-electron chi connectivity index (χ4n) is 1.82. The van der Waals surface area contributed by atoms with Gasteiger partial charge < -0.3 is 10.0 Å². The normalized spacial score (nSPS) is 12.4. The van der Waals surface area contributed by atoms with E-state index >= 15 is 0 Å². The average molecular weight is 232 g/mol. The molecule has 1 atom stereocenters. The average Bonchev–Trinajstić information content (AvgIpc) is 2.38. The Balaban J connectivity index is 2.62. The molecule has 0 radical (unpaired) electrons. The van der Waals surface area contributed by atoms with E-state index in [9.17, 15) is 5.11 Å². The van der Waals surface area contributed by atoms with Gasteiger partial charge in [0.05, 0.1) is 17.7 Å². The molecule has 1 aromatic rings. The Labute approximate surface area is 103 Å². The van der Waals surface area contributed by atoms with Gasteiger partial charge in [-0.15, -0.1) is 0 Å². The first-order chi connectivity index (χ1) is 8.21. The highest BCUT2D eigenvalue weighted by Gasteiger charge is 2.11. The molecule has 0 aliphatic heterocycles. The molecule has 1 rings (SSSR count). The number of hydrogen-bond acceptors (Lipinski definition) is 3. The van der Waals surface area contributed by atoms with E-state index in [1.54, 1.807) is 12.1 Å². The molecule has 0 amide bonds. The third-order valence-corrected chi connectivity index (χ3v) is 2.84. The molecule has 17 heavy (non-hydrogen) atoms. The number of benzene rings is 1. The fourth-order valence-corrected chi connectivity index (χ4v) is 1.82. The Morgan fingerprint density at radius 2 is 1.94 bits per heavy atom. The molecule has 0 saturated heterocycles. The summed E-state index contributed by atoms with van der Waals surface area (Å²) in [7, 11) is 0. The summed E-state index contributed by atoms with van der Waals surface area (Å²) in [5.74, 6) is 0. The highest BCUT2D eigenvalue weighted by atomic mass is 16.3. The Morgan fingerprint density at radius 1 is 1.29 bits per heavy atom. The largest absolute Gasteiger partial charge is 0.387 e. The molecule has 1 N–H and O–H groups in total. The van der Waals surface area contributed by atoms with Crippen LogP contribution in [-0.2, 0) is 0 Å². The van der Waals surface area contributed by atoms with Crippen LogP contribution < -0.4 is 0 Å². The molecule has 0 fully saturated rings. The van der Waals surface area contributed by atoms with Gasteiger partial charge in [0.1, 0.15) is 0 Å². The Morgan fingerprint density at radius 3 is 2.41 bits per heavy atom. The zero-order valence-electron chi connectivity index (χ0n) is 10.6. The molecule has 3 heteroatoms. The van der Waals surface area contributed by atoms with Crippen LogP contribution in [0.5, 0.6) is 0 Å². The standard InChI is InChI=1S/C14H20N2O/c1-3-9-16(4-2)11-14(17)13-7-5-12(10-15)6-8-13/h5-8,14,17H,3-4,9,11H2,1-2H3. The molecule has 0 aromatic heterocycles. The molecule has 92 valence electrons. The summed E-state index contributed by atoms with van der Waals surface area (Å²) in [6, 6.07) is 9.21. The fraction of sp³-hybridized carbons (Fsp3) is 0.500. The maximum absolute atomic E-state index is 10.1. The predicted octanol–water partition coefficient (Wildman–Crippen LogP) is 2.32. The van der Waals surface area contributed by atoms with Crippen molar-refractivity contribution in [3.05, 3.63) is 35.4 Å². The lowest BCUT2D eigenvalue weighted by atomic mass is 10.1. The zero-order chi connectivity index (χ0) is 12.7. The van der Waals surface area contributed by atoms with Crippen LogP contribution in [0.3, 0.4) is 0 Å². The van der Waals surface area contributed by atoms with E-state index in [0.29, 0.717) is 12.1 Å². The van der Waals surface area contributed by atoms with Gasteiger partial charge in [0.2, 0.25) is 0 Å². The zero-order valence-corrected chi connectivity index (χ0v) is 10.6. The van der Waals surface area contributed by atoms with Gasteiger partial charge in [0.15, 0.2) is 0 Å². The molecule has 0 spiro atoms. The van der Waals surface area contributed by atoms with Crippen molar-refractivity contribution in [1.29, 1.82) is 5.26 Å². The predicted molar refractivity (Wildman–Crippen MR) is 68.5 cm³/mol. The monoisotopic (exact) mass is 232 g/mol.